The highest BCUT2D eigenvalue weighted by Gasteiger charge is 2.31. The molecule has 1 N–H and O–H groups in total. The number of anilines is 2. The number of nitrogens with zero attached hydrogens (tertiary/aromatic N) is 5. The highest BCUT2D eigenvalue weighted by molar-refractivity contribution is 5.64. The monoisotopic (exact) mass is 346 g/mol. The molecule has 0 aromatic carbocycles. The van der Waals surface area contributed by atoms with Crippen LogP contribution in [0, 0.1) is 19.8 Å². The summed E-state index contributed by atoms with van der Waals surface area (Å²) < 4.78 is 11.8. The Morgan fingerprint density at radius 1 is 1.16 bits per heavy atom. The van der Waals surface area contributed by atoms with Crippen LogP contribution >= 0.6 is 0 Å². The number of hydrogen-bond donors (Lipinski definition) is 1. The molecule has 0 bridgehead atoms. The number of rotatable bonds is 6. The van der Waals surface area contributed by atoms with Crippen molar-refractivity contribution in [2.24, 2.45) is 5.92 Å². The summed E-state index contributed by atoms with van der Waals surface area (Å²) >= 11 is 0. The van der Waals surface area contributed by atoms with Gasteiger partial charge in [-0.15, -0.1) is 0 Å². The number of aryl methyl sites for hydroxylation is 2. The molecule has 0 radical (unpaired) electrons. The maximum Gasteiger partial charge on any atom is 0.319 e. The molecule has 2 heterocycles. The van der Waals surface area contributed by atoms with Gasteiger partial charge in [0.15, 0.2) is 0 Å². The van der Waals surface area contributed by atoms with Crippen molar-refractivity contribution in [2.75, 3.05) is 19.5 Å². The highest BCUT2D eigenvalue weighted by atomic mass is 16.5. The quantitative estimate of drug-likeness (QED) is 0.844. The Morgan fingerprint density at radius 3 is 2.48 bits per heavy atom. The second kappa shape index (κ2) is 6.66. The Morgan fingerprint density at radius 2 is 1.88 bits per heavy atom. The summed E-state index contributed by atoms with van der Waals surface area (Å²) in [5, 5.41) is 7.32. The Hall–Kier alpha value is -2.71. The van der Waals surface area contributed by atoms with Gasteiger partial charge in [0.2, 0.25) is 11.7 Å². The molecule has 0 amide bonds. The molecular formula is C16H22N6O3. The first-order chi connectivity index (χ1) is 11.9. The first kappa shape index (κ1) is 17.1. The van der Waals surface area contributed by atoms with Crippen LogP contribution in [0.5, 0.6) is 11.9 Å². The van der Waals surface area contributed by atoms with Crippen molar-refractivity contribution in [1.82, 2.24) is 24.7 Å². The van der Waals surface area contributed by atoms with Gasteiger partial charge in [-0.05, 0) is 39.5 Å². The van der Waals surface area contributed by atoms with E-state index in [1.165, 1.54) is 18.9 Å². The summed E-state index contributed by atoms with van der Waals surface area (Å²) in [7, 11) is 2.97. The molecular weight excluding hydrogens is 324 g/mol. The van der Waals surface area contributed by atoms with Crippen molar-refractivity contribution in [2.45, 2.75) is 39.7 Å². The van der Waals surface area contributed by atoms with Crippen LogP contribution in [0.4, 0.5) is 11.5 Å². The van der Waals surface area contributed by atoms with Crippen molar-refractivity contribution in [1.29, 1.82) is 0 Å². The molecule has 9 nitrogen and oxygen atoms in total. The van der Waals surface area contributed by atoms with E-state index in [4.69, 9.17) is 9.47 Å². The van der Waals surface area contributed by atoms with Crippen LogP contribution in [-0.4, -0.2) is 39.0 Å². The fourth-order valence-corrected chi connectivity index (χ4v) is 2.70. The Bertz CT molecular complexity index is 846. The second-order valence-corrected chi connectivity index (χ2v) is 6.14. The maximum atomic E-state index is 12.8. The van der Waals surface area contributed by atoms with Crippen LogP contribution in [0.15, 0.2) is 4.79 Å². The Balaban J connectivity index is 2.02. The lowest BCUT2D eigenvalue weighted by Crippen LogP contribution is -2.30. The Labute approximate surface area is 145 Å². The molecule has 1 aliphatic rings. The maximum absolute atomic E-state index is 12.8. The lowest BCUT2D eigenvalue weighted by Gasteiger charge is -2.16. The molecule has 1 unspecified atom stereocenters. The summed E-state index contributed by atoms with van der Waals surface area (Å²) in [4.78, 5) is 25.4. The van der Waals surface area contributed by atoms with Crippen LogP contribution in [0.25, 0.3) is 0 Å². The SMILES string of the molecule is COc1nc(C)c(Nc2nc(C)nn(C(C)C3CC3)c2=O)c(OC)n1. The largest absolute Gasteiger partial charge is 0.479 e. The van der Waals surface area contributed by atoms with E-state index in [0.717, 1.165) is 12.8 Å². The first-order valence-corrected chi connectivity index (χ1v) is 8.15. The van der Waals surface area contributed by atoms with Gasteiger partial charge in [-0.3, -0.25) is 4.79 Å². The van der Waals surface area contributed by atoms with Crippen molar-refractivity contribution in [3.63, 3.8) is 0 Å². The summed E-state index contributed by atoms with van der Waals surface area (Å²) in [6, 6.07) is 0.239. The zero-order valence-corrected chi connectivity index (χ0v) is 15.0. The first-order valence-electron chi connectivity index (χ1n) is 8.15. The minimum atomic E-state index is -0.276. The molecule has 1 fully saturated rings. The van der Waals surface area contributed by atoms with E-state index in [0.29, 0.717) is 23.1 Å². The molecule has 0 spiro atoms. The normalized spacial score (nSPS) is 14.9. The molecule has 134 valence electrons. The standard InChI is InChI=1S/C16H22N6O3/c1-8-12(14(24-4)20-16(17-8)25-5)19-13-15(23)22(21-10(3)18-13)9(2)11-6-7-11/h9,11H,6-7H2,1-5H3,(H,18,19,21). The van der Waals surface area contributed by atoms with Crippen molar-refractivity contribution in [3.05, 3.63) is 21.9 Å². The molecule has 3 rings (SSSR count). The highest BCUT2D eigenvalue weighted by Crippen LogP contribution is 2.38. The zero-order chi connectivity index (χ0) is 18.1. The zero-order valence-electron chi connectivity index (χ0n) is 15.0. The summed E-state index contributed by atoms with van der Waals surface area (Å²) in [6.07, 6.45) is 2.25. The van der Waals surface area contributed by atoms with E-state index >= 15 is 0 Å². The van der Waals surface area contributed by atoms with Gasteiger partial charge in [0.25, 0.3) is 0 Å². The number of ether oxygens (including phenoxy) is 2. The fraction of sp³-hybridized carbons (Fsp3) is 0.562. The predicted molar refractivity (Wildman–Crippen MR) is 91.6 cm³/mol. The number of methoxy groups -OCH3 is 2. The smallest absolute Gasteiger partial charge is 0.319 e. The van der Waals surface area contributed by atoms with Gasteiger partial charge in [-0.1, -0.05) is 0 Å². The molecule has 9 heteroatoms. The topological polar surface area (TPSA) is 104 Å². The fourth-order valence-electron chi connectivity index (χ4n) is 2.70. The number of hydrogen-bond acceptors (Lipinski definition) is 8. The lowest BCUT2D eigenvalue weighted by molar-refractivity contribution is 0.352. The minimum Gasteiger partial charge on any atom is -0.479 e. The van der Waals surface area contributed by atoms with E-state index in [9.17, 15) is 4.79 Å². The van der Waals surface area contributed by atoms with Crippen LogP contribution in [-0.2, 0) is 0 Å². The van der Waals surface area contributed by atoms with Gasteiger partial charge in [-0.25, -0.2) is 9.67 Å². The molecule has 2 aromatic rings. The summed E-state index contributed by atoms with van der Waals surface area (Å²) in [6.45, 7) is 5.54. The van der Waals surface area contributed by atoms with Crippen LogP contribution in [0.3, 0.4) is 0 Å². The van der Waals surface area contributed by atoms with Crippen LogP contribution in [0.2, 0.25) is 0 Å². The average Bonchev–Trinajstić information content (AvgIpc) is 3.43. The summed E-state index contributed by atoms with van der Waals surface area (Å²) in [5.41, 5.74) is 0.785. The van der Waals surface area contributed by atoms with E-state index in [2.05, 4.69) is 25.4 Å². The van der Waals surface area contributed by atoms with E-state index in [1.54, 1.807) is 13.8 Å². The van der Waals surface area contributed by atoms with Gasteiger partial charge >= 0.3 is 11.6 Å². The van der Waals surface area contributed by atoms with Crippen molar-refractivity contribution >= 4 is 11.5 Å². The third-order valence-electron chi connectivity index (χ3n) is 4.28. The molecule has 1 saturated carbocycles. The molecule has 1 atom stereocenters. The Kier molecular flexibility index (Phi) is 4.56. The van der Waals surface area contributed by atoms with Crippen LogP contribution < -0.4 is 20.3 Å². The molecule has 2 aromatic heterocycles. The third kappa shape index (κ3) is 3.40. The number of aromatic nitrogens is 5. The average molecular weight is 346 g/mol. The van der Waals surface area contributed by atoms with Gasteiger partial charge in [0.05, 0.1) is 26.0 Å². The van der Waals surface area contributed by atoms with Crippen molar-refractivity contribution in [3.8, 4) is 11.9 Å². The van der Waals surface area contributed by atoms with Crippen molar-refractivity contribution < 1.29 is 9.47 Å². The van der Waals surface area contributed by atoms with Gasteiger partial charge in [0, 0.05) is 0 Å². The van der Waals surface area contributed by atoms with E-state index in [-0.39, 0.29) is 29.3 Å². The number of nitrogens with one attached hydrogen (secondary N) is 1. The minimum absolute atomic E-state index is 0.0462. The molecule has 25 heavy (non-hydrogen) atoms. The predicted octanol–water partition coefficient (Wildman–Crippen LogP) is 1.78. The molecule has 1 aliphatic carbocycles. The van der Waals surface area contributed by atoms with Gasteiger partial charge < -0.3 is 14.8 Å². The molecule has 0 saturated heterocycles. The third-order valence-corrected chi connectivity index (χ3v) is 4.28. The van der Waals surface area contributed by atoms with Gasteiger partial charge in [0.1, 0.15) is 11.5 Å². The van der Waals surface area contributed by atoms with Crippen LogP contribution in [0.1, 0.15) is 37.3 Å². The van der Waals surface area contributed by atoms with E-state index < -0.39 is 0 Å². The second-order valence-electron chi connectivity index (χ2n) is 6.14. The lowest BCUT2D eigenvalue weighted by atomic mass is 10.2. The van der Waals surface area contributed by atoms with Gasteiger partial charge in [-0.2, -0.15) is 15.1 Å². The summed E-state index contributed by atoms with van der Waals surface area (Å²) in [5.74, 6) is 1.47. The molecule has 0 aliphatic heterocycles. The van der Waals surface area contributed by atoms with E-state index in [1.807, 2.05) is 6.92 Å².